The molecule has 0 unspecified atom stereocenters. The second-order valence-corrected chi connectivity index (χ2v) is 4.98. The van der Waals surface area contributed by atoms with Crippen molar-refractivity contribution in [3.8, 4) is 0 Å². The highest BCUT2D eigenvalue weighted by Crippen LogP contribution is 2.19. The van der Waals surface area contributed by atoms with Gasteiger partial charge in [-0.3, -0.25) is 0 Å². The molecular formula is C16H22N2. The Balaban J connectivity index is 1.99. The summed E-state index contributed by atoms with van der Waals surface area (Å²) >= 11 is 0. The average Bonchev–Trinajstić information content (AvgIpc) is 2.84. The summed E-state index contributed by atoms with van der Waals surface area (Å²) < 4.78 is 2.20. The van der Waals surface area contributed by atoms with Gasteiger partial charge in [-0.05, 0) is 42.2 Å². The summed E-state index contributed by atoms with van der Waals surface area (Å²) in [5.74, 6) is 0.577. The van der Waals surface area contributed by atoms with E-state index in [2.05, 4.69) is 73.4 Å². The van der Waals surface area contributed by atoms with Gasteiger partial charge in [-0.1, -0.05) is 26.0 Å². The number of aryl methyl sites for hydroxylation is 1. The number of anilines is 1. The summed E-state index contributed by atoms with van der Waals surface area (Å²) in [7, 11) is 0. The fraction of sp³-hybridized carbons (Fsp3) is 0.375. The van der Waals surface area contributed by atoms with E-state index >= 15 is 0 Å². The maximum Gasteiger partial charge on any atom is 0.0415 e. The Morgan fingerprint density at radius 2 is 2.06 bits per heavy atom. The molecule has 0 fully saturated rings. The Kier molecular flexibility index (Phi) is 4.08. The van der Waals surface area contributed by atoms with Crippen LogP contribution in [0.5, 0.6) is 0 Å². The third-order valence-electron chi connectivity index (χ3n) is 3.23. The second-order valence-electron chi connectivity index (χ2n) is 4.98. The summed E-state index contributed by atoms with van der Waals surface area (Å²) in [6, 6.07) is 10.8. The maximum atomic E-state index is 3.48. The lowest BCUT2D eigenvalue weighted by Gasteiger charge is -2.09. The number of hydrogen-bond acceptors (Lipinski definition) is 1. The van der Waals surface area contributed by atoms with Crippen molar-refractivity contribution in [2.45, 2.75) is 39.8 Å². The molecule has 2 heteroatoms. The molecule has 2 aromatic rings. The SMILES string of the molecule is CCn1ccc(CNc2cccc(C(C)C)c2)c1. The van der Waals surface area contributed by atoms with Crippen molar-refractivity contribution in [2.75, 3.05) is 5.32 Å². The van der Waals surface area contributed by atoms with E-state index in [0.717, 1.165) is 13.1 Å². The minimum Gasteiger partial charge on any atom is -0.381 e. The largest absolute Gasteiger partial charge is 0.381 e. The lowest BCUT2D eigenvalue weighted by atomic mass is 10.0. The molecule has 0 spiro atoms. The van der Waals surface area contributed by atoms with Crippen molar-refractivity contribution in [1.82, 2.24) is 4.57 Å². The van der Waals surface area contributed by atoms with Crippen LogP contribution in [0.25, 0.3) is 0 Å². The number of nitrogens with one attached hydrogen (secondary N) is 1. The normalized spacial score (nSPS) is 10.9. The van der Waals surface area contributed by atoms with Crippen LogP contribution in [-0.2, 0) is 13.1 Å². The topological polar surface area (TPSA) is 17.0 Å². The molecule has 2 nitrogen and oxygen atoms in total. The van der Waals surface area contributed by atoms with Crippen molar-refractivity contribution in [3.63, 3.8) is 0 Å². The second kappa shape index (κ2) is 5.76. The van der Waals surface area contributed by atoms with Crippen LogP contribution >= 0.6 is 0 Å². The molecule has 1 N–H and O–H groups in total. The van der Waals surface area contributed by atoms with Crippen LogP contribution < -0.4 is 5.32 Å². The summed E-state index contributed by atoms with van der Waals surface area (Å²) in [5, 5.41) is 3.48. The van der Waals surface area contributed by atoms with Crippen LogP contribution in [0.4, 0.5) is 5.69 Å². The van der Waals surface area contributed by atoms with Gasteiger partial charge in [0, 0.05) is 31.2 Å². The summed E-state index contributed by atoms with van der Waals surface area (Å²) in [6.07, 6.45) is 4.32. The smallest absolute Gasteiger partial charge is 0.0415 e. The van der Waals surface area contributed by atoms with Crippen molar-refractivity contribution < 1.29 is 0 Å². The van der Waals surface area contributed by atoms with Gasteiger partial charge in [-0.15, -0.1) is 0 Å². The first kappa shape index (κ1) is 12.7. The molecule has 0 atom stereocenters. The van der Waals surface area contributed by atoms with Crippen LogP contribution in [0.2, 0.25) is 0 Å². The zero-order chi connectivity index (χ0) is 13.0. The fourth-order valence-electron chi connectivity index (χ4n) is 2.00. The van der Waals surface area contributed by atoms with Gasteiger partial charge in [-0.25, -0.2) is 0 Å². The quantitative estimate of drug-likeness (QED) is 0.829. The van der Waals surface area contributed by atoms with E-state index < -0.39 is 0 Å². The van der Waals surface area contributed by atoms with Gasteiger partial charge < -0.3 is 9.88 Å². The number of rotatable bonds is 5. The predicted molar refractivity (Wildman–Crippen MR) is 78.0 cm³/mol. The number of benzene rings is 1. The Morgan fingerprint density at radius 3 is 2.72 bits per heavy atom. The zero-order valence-corrected chi connectivity index (χ0v) is 11.5. The highest BCUT2D eigenvalue weighted by molar-refractivity contribution is 5.46. The molecule has 18 heavy (non-hydrogen) atoms. The Morgan fingerprint density at radius 1 is 1.22 bits per heavy atom. The Labute approximate surface area is 110 Å². The van der Waals surface area contributed by atoms with Gasteiger partial charge in [-0.2, -0.15) is 0 Å². The van der Waals surface area contributed by atoms with Gasteiger partial charge in [0.15, 0.2) is 0 Å². The first-order valence-corrected chi connectivity index (χ1v) is 6.67. The molecular weight excluding hydrogens is 220 g/mol. The number of hydrogen-bond donors (Lipinski definition) is 1. The molecule has 0 aliphatic rings. The summed E-state index contributed by atoms with van der Waals surface area (Å²) in [4.78, 5) is 0. The van der Waals surface area contributed by atoms with Crippen molar-refractivity contribution >= 4 is 5.69 Å². The summed E-state index contributed by atoms with van der Waals surface area (Å²) in [5.41, 5.74) is 3.91. The maximum absolute atomic E-state index is 3.48. The standard InChI is InChI=1S/C16H22N2/c1-4-18-9-8-14(12-18)11-17-16-7-5-6-15(10-16)13(2)3/h5-10,12-13,17H,4,11H2,1-3H3. The van der Waals surface area contributed by atoms with Crippen molar-refractivity contribution in [2.24, 2.45) is 0 Å². The average molecular weight is 242 g/mol. The van der Waals surface area contributed by atoms with E-state index in [4.69, 9.17) is 0 Å². The molecule has 0 radical (unpaired) electrons. The third kappa shape index (κ3) is 3.16. The van der Waals surface area contributed by atoms with Gasteiger partial charge in [0.1, 0.15) is 0 Å². The van der Waals surface area contributed by atoms with Gasteiger partial charge in [0.05, 0.1) is 0 Å². The number of nitrogens with zero attached hydrogens (tertiary/aromatic N) is 1. The van der Waals surface area contributed by atoms with Crippen LogP contribution in [0.15, 0.2) is 42.7 Å². The molecule has 0 saturated carbocycles. The van der Waals surface area contributed by atoms with E-state index in [9.17, 15) is 0 Å². The molecule has 1 heterocycles. The minimum atomic E-state index is 0.577. The van der Waals surface area contributed by atoms with E-state index in [0.29, 0.717) is 5.92 Å². The lowest BCUT2D eigenvalue weighted by molar-refractivity contribution is 0.766. The molecule has 0 aliphatic heterocycles. The van der Waals surface area contributed by atoms with Crippen molar-refractivity contribution in [1.29, 1.82) is 0 Å². The first-order valence-electron chi connectivity index (χ1n) is 6.67. The van der Waals surface area contributed by atoms with Crippen LogP contribution in [-0.4, -0.2) is 4.57 Å². The van der Waals surface area contributed by atoms with Crippen LogP contribution in [0.3, 0.4) is 0 Å². The van der Waals surface area contributed by atoms with E-state index in [1.165, 1.54) is 16.8 Å². The van der Waals surface area contributed by atoms with Crippen LogP contribution in [0.1, 0.15) is 37.8 Å². The zero-order valence-electron chi connectivity index (χ0n) is 11.5. The van der Waals surface area contributed by atoms with Crippen LogP contribution in [0, 0.1) is 0 Å². The summed E-state index contributed by atoms with van der Waals surface area (Å²) in [6.45, 7) is 8.52. The Bertz CT molecular complexity index is 497. The van der Waals surface area contributed by atoms with Gasteiger partial charge in [0.2, 0.25) is 0 Å². The third-order valence-corrected chi connectivity index (χ3v) is 3.23. The molecule has 1 aromatic carbocycles. The highest BCUT2D eigenvalue weighted by atomic mass is 14.9. The molecule has 0 amide bonds. The number of aromatic nitrogens is 1. The fourth-order valence-corrected chi connectivity index (χ4v) is 2.00. The van der Waals surface area contributed by atoms with Crippen molar-refractivity contribution in [3.05, 3.63) is 53.9 Å². The monoisotopic (exact) mass is 242 g/mol. The first-order chi connectivity index (χ1) is 8.69. The Hall–Kier alpha value is -1.70. The van der Waals surface area contributed by atoms with Gasteiger partial charge >= 0.3 is 0 Å². The lowest BCUT2D eigenvalue weighted by Crippen LogP contribution is -1.99. The molecule has 2 rings (SSSR count). The van der Waals surface area contributed by atoms with E-state index in [-0.39, 0.29) is 0 Å². The molecule has 0 bridgehead atoms. The predicted octanol–water partition coefficient (Wildman–Crippen LogP) is 4.24. The van der Waals surface area contributed by atoms with E-state index in [1.54, 1.807) is 0 Å². The molecule has 1 aromatic heterocycles. The molecule has 0 saturated heterocycles. The highest BCUT2D eigenvalue weighted by Gasteiger charge is 2.00. The molecule has 96 valence electrons. The molecule has 0 aliphatic carbocycles. The van der Waals surface area contributed by atoms with Gasteiger partial charge in [0.25, 0.3) is 0 Å². The van der Waals surface area contributed by atoms with E-state index in [1.807, 2.05) is 0 Å². The minimum absolute atomic E-state index is 0.577.